The number of anilines is 1. The van der Waals surface area contributed by atoms with E-state index in [4.69, 9.17) is 12.2 Å². The Morgan fingerprint density at radius 1 is 1.15 bits per heavy atom. The molecule has 134 valence electrons. The Kier molecular flexibility index (Phi) is 5.60. The van der Waals surface area contributed by atoms with Crippen molar-refractivity contribution in [3.8, 4) is 5.69 Å². The molecule has 0 aliphatic carbocycles. The molecule has 3 rings (SSSR count). The zero-order valence-electron chi connectivity index (χ0n) is 15.0. The van der Waals surface area contributed by atoms with Crippen molar-refractivity contribution in [2.24, 2.45) is 0 Å². The number of aromatic nitrogens is 2. The fourth-order valence-electron chi connectivity index (χ4n) is 2.82. The minimum Gasteiger partial charge on any atom is -0.322 e. The van der Waals surface area contributed by atoms with Crippen molar-refractivity contribution >= 4 is 46.9 Å². The summed E-state index contributed by atoms with van der Waals surface area (Å²) in [7, 11) is 0. The van der Waals surface area contributed by atoms with Gasteiger partial charge in [-0.2, -0.15) is 0 Å². The van der Waals surface area contributed by atoms with Crippen molar-refractivity contribution in [3.63, 3.8) is 0 Å². The van der Waals surface area contributed by atoms with Crippen LogP contribution in [0.2, 0.25) is 0 Å². The summed E-state index contributed by atoms with van der Waals surface area (Å²) in [6, 6.07) is 11.5. The molecule has 0 radical (unpaired) electrons. The van der Waals surface area contributed by atoms with Crippen molar-refractivity contribution in [1.82, 2.24) is 9.78 Å². The Morgan fingerprint density at radius 2 is 1.77 bits per heavy atom. The number of benzene rings is 2. The maximum absolute atomic E-state index is 12.6. The molecule has 0 unspecified atom stereocenters. The minimum absolute atomic E-state index is 0.127. The predicted octanol–water partition coefficient (Wildman–Crippen LogP) is 5.56. The molecule has 3 aromatic rings. The van der Waals surface area contributed by atoms with Gasteiger partial charge in [-0.25, -0.2) is 4.68 Å². The molecule has 26 heavy (non-hydrogen) atoms. The van der Waals surface area contributed by atoms with Gasteiger partial charge in [-0.15, -0.1) is 5.10 Å². The molecular weight excluding hydrogens is 382 g/mol. The van der Waals surface area contributed by atoms with Crippen LogP contribution in [-0.2, 0) is 0 Å². The monoisotopic (exact) mass is 401 g/mol. The second kappa shape index (κ2) is 7.73. The van der Waals surface area contributed by atoms with Crippen molar-refractivity contribution < 1.29 is 4.79 Å². The van der Waals surface area contributed by atoms with Gasteiger partial charge in [0.2, 0.25) is 0 Å². The zero-order chi connectivity index (χ0) is 18.8. The highest BCUT2D eigenvalue weighted by atomic mass is 32.2. The third-order valence-corrected chi connectivity index (χ3v) is 6.20. The Morgan fingerprint density at radius 3 is 2.31 bits per heavy atom. The van der Waals surface area contributed by atoms with E-state index in [0.29, 0.717) is 9.52 Å². The maximum Gasteiger partial charge on any atom is 0.255 e. The first-order valence-corrected chi connectivity index (χ1v) is 10.5. The Hall–Kier alpha value is -1.96. The van der Waals surface area contributed by atoms with Crippen LogP contribution >= 0.6 is 35.3 Å². The largest absolute Gasteiger partial charge is 0.322 e. The van der Waals surface area contributed by atoms with Gasteiger partial charge in [0.1, 0.15) is 0 Å². The average molecular weight is 402 g/mol. The summed E-state index contributed by atoms with van der Waals surface area (Å²) in [6.45, 7) is 6.06. The molecule has 0 spiro atoms. The third-order valence-electron chi connectivity index (χ3n) is 3.99. The molecule has 0 fully saturated rings. The molecular formula is C19H19N3OS3. The van der Waals surface area contributed by atoms with E-state index in [1.807, 2.05) is 32.2 Å². The molecule has 2 aromatic carbocycles. The van der Waals surface area contributed by atoms with Gasteiger partial charge in [0, 0.05) is 11.3 Å². The van der Waals surface area contributed by atoms with Crippen LogP contribution in [-0.4, -0.2) is 21.9 Å². The van der Waals surface area contributed by atoms with Crippen LogP contribution in [0, 0.1) is 24.7 Å². The lowest BCUT2D eigenvalue weighted by Crippen LogP contribution is -2.14. The summed E-state index contributed by atoms with van der Waals surface area (Å²) in [6.07, 6.45) is 1.97. The number of hydrogen-bond acceptors (Lipinski definition) is 5. The zero-order valence-corrected chi connectivity index (χ0v) is 17.4. The summed E-state index contributed by atoms with van der Waals surface area (Å²) in [5.41, 5.74) is 5.63. The second-order valence-electron chi connectivity index (χ2n) is 6.02. The summed E-state index contributed by atoms with van der Waals surface area (Å²) in [5, 5.41) is 7.49. The minimum atomic E-state index is -0.127. The second-order valence-corrected chi connectivity index (χ2v) is 8.70. The first-order chi connectivity index (χ1) is 12.4. The van der Waals surface area contributed by atoms with Crippen LogP contribution in [0.15, 0.2) is 40.7 Å². The number of thioether (sulfide) groups is 1. The van der Waals surface area contributed by atoms with E-state index in [1.165, 1.54) is 16.9 Å². The topological polar surface area (TPSA) is 46.9 Å². The van der Waals surface area contributed by atoms with Gasteiger partial charge in [0.05, 0.1) is 5.69 Å². The molecule has 1 heterocycles. The van der Waals surface area contributed by atoms with E-state index in [1.54, 1.807) is 28.6 Å². The number of aryl methyl sites for hydroxylation is 3. The van der Waals surface area contributed by atoms with Gasteiger partial charge in [-0.05, 0) is 74.6 Å². The van der Waals surface area contributed by atoms with Gasteiger partial charge in [-0.3, -0.25) is 4.79 Å². The van der Waals surface area contributed by atoms with Crippen molar-refractivity contribution in [2.75, 3.05) is 11.6 Å². The van der Waals surface area contributed by atoms with Crippen molar-refractivity contribution in [3.05, 3.63) is 62.6 Å². The van der Waals surface area contributed by atoms with Gasteiger partial charge in [0.15, 0.2) is 8.29 Å². The molecule has 0 saturated carbocycles. The molecule has 4 nitrogen and oxygen atoms in total. The summed E-state index contributed by atoms with van der Waals surface area (Å²) >= 11 is 8.40. The molecule has 0 atom stereocenters. The summed E-state index contributed by atoms with van der Waals surface area (Å²) in [4.78, 5) is 12.6. The van der Waals surface area contributed by atoms with Gasteiger partial charge >= 0.3 is 0 Å². The van der Waals surface area contributed by atoms with Gasteiger partial charge < -0.3 is 5.32 Å². The number of rotatable bonds is 4. The van der Waals surface area contributed by atoms with Gasteiger partial charge in [0.25, 0.3) is 5.91 Å². The molecule has 1 N–H and O–H groups in total. The summed E-state index contributed by atoms with van der Waals surface area (Å²) < 4.78 is 3.33. The average Bonchev–Trinajstić information content (AvgIpc) is 2.99. The summed E-state index contributed by atoms with van der Waals surface area (Å²) in [5.74, 6) is -0.127. The number of hydrogen-bond donors (Lipinski definition) is 1. The third kappa shape index (κ3) is 3.90. The lowest BCUT2D eigenvalue weighted by molar-refractivity contribution is 0.102. The van der Waals surface area contributed by atoms with E-state index < -0.39 is 0 Å². The van der Waals surface area contributed by atoms with E-state index in [2.05, 4.69) is 29.5 Å². The standard InChI is InChI=1S/C19H19N3OS3/c1-11-9-12(2)16(13(3)10-11)20-17(23)14-5-7-15(8-6-14)22-19(24)26-18(21-22)25-4/h5-10H,1-4H3,(H,20,23). The smallest absolute Gasteiger partial charge is 0.255 e. The van der Waals surface area contributed by atoms with E-state index >= 15 is 0 Å². The van der Waals surface area contributed by atoms with Crippen LogP contribution in [0.25, 0.3) is 5.69 Å². The van der Waals surface area contributed by atoms with Crippen molar-refractivity contribution in [2.45, 2.75) is 25.1 Å². The predicted molar refractivity (Wildman–Crippen MR) is 113 cm³/mol. The van der Waals surface area contributed by atoms with Crippen molar-refractivity contribution in [1.29, 1.82) is 0 Å². The molecule has 1 aromatic heterocycles. The number of nitrogens with zero attached hydrogens (tertiary/aromatic N) is 2. The molecule has 0 aliphatic heterocycles. The van der Waals surface area contributed by atoms with Gasteiger partial charge in [-0.1, -0.05) is 40.8 Å². The molecule has 0 aliphatic rings. The van der Waals surface area contributed by atoms with Crippen LogP contribution < -0.4 is 5.32 Å². The van der Waals surface area contributed by atoms with Crippen LogP contribution in [0.5, 0.6) is 0 Å². The lowest BCUT2D eigenvalue weighted by atomic mass is 10.0. The SMILES string of the molecule is CSc1nn(-c2ccc(C(=O)Nc3c(C)cc(C)cc3C)cc2)c(=S)s1. The first-order valence-electron chi connectivity index (χ1n) is 8.03. The fourth-order valence-corrected chi connectivity index (χ4v) is 4.60. The highest BCUT2D eigenvalue weighted by Gasteiger charge is 2.11. The molecule has 7 heteroatoms. The maximum atomic E-state index is 12.6. The highest BCUT2D eigenvalue weighted by molar-refractivity contribution is 8.00. The lowest BCUT2D eigenvalue weighted by Gasteiger charge is -2.13. The normalized spacial score (nSPS) is 10.8. The Labute approximate surface area is 166 Å². The number of carbonyl (C=O) groups is 1. The van der Waals surface area contributed by atoms with E-state index in [9.17, 15) is 4.79 Å². The molecule has 0 saturated heterocycles. The number of amides is 1. The number of carbonyl (C=O) groups excluding carboxylic acids is 1. The van der Waals surface area contributed by atoms with Crippen LogP contribution in [0.1, 0.15) is 27.0 Å². The van der Waals surface area contributed by atoms with E-state index in [0.717, 1.165) is 26.8 Å². The number of nitrogens with one attached hydrogen (secondary N) is 1. The van der Waals surface area contributed by atoms with Crippen LogP contribution in [0.3, 0.4) is 0 Å². The molecule has 0 bridgehead atoms. The fraction of sp³-hybridized carbons (Fsp3) is 0.211. The molecule has 1 amide bonds. The van der Waals surface area contributed by atoms with Crippen LogP contribution in [0.4, 0.5) is 5.69 Å². The highest BCUT2D eigenvalue weighted by Crippen LogP contribution is 2.24. The van der Waals surface area contributed by atoms with E-state index in [-0.39, 0.29) is 5.91 Å². The Bertz CT molecular complexity index is 996. The quantitative estimate of drug-likeness (QED) is 0.459. The first kappa shape index (κ1) is 18.8. The Balaban J connectivity index is 1.83.